The van der Waals surface area contributed by atoms with Crippen LogP contribution in [0, 0.1) is 5.82 Å². The highest BCUT2D eigenvalue weighted by Gasteiger charge is 2.09. The first-order valence-corrected chi connectivity index (χ1v) is 5.61. The van der Waals surface area contributed by atoms with Gasteiger partial charge in [-0.1, -0.05) is 17.7 Å². The predicted octanol–water partition coefficient (Wildman–Crippen LogP) is 2.80. The van der Waals surface area contributed by atoms with Crippen LogP contribution in [0.2, 0.25) is 5.02 Å². The van der Waals surface area contributed by atoms with Crippen molar-refractivity contribution in [3.05, 3.63) is 47.1 Å². The Morgan fingerprint density at radius 1 is 1.37 bits per heavy atom. The molecule has 0 atom stereocenters. The van der Waals surface area contributed by atoms with Gasteiger partial charge in [-0.2, -0.15) is 0 Å². The molecule has 5 nitrogen and oxygen atoms in total. The number of nitrogens with one attached hydrogen (secondary N) is 1. The first-order chi connectivity index (χ1) is 9.11. The van der Waals surface area contributed by atoms with Crippen molar-refractivity contribution in [3.63, 3.8) is 0 Å². The van der Waals surface area contributed by atoms with E-state index in [1.165, 1.54) is 31.6 Å². The number of esters is 1. The maximum Gasteiger partial charge on any atom is 0.358 e. The van der Waals surface area contributed by atoms with Gasteiger partial charge in [0.15, 0.2) is 11.5 Å². The number of methoxy groups -OCH3 is 1. The molecule has 2 aromatic rings. The number of aromatic nitrogens is 2. The monoisotopic (exact) mass is 281 g/mol. The van der Waals surface area contributed by atoms with Crippen molar-refractivity contribution < 1.29 is 13.9 Å². The Balaban J connectivity index is 2.20. The highest BCUT2D eigenvalue weighted by atomic mass is 35.5. The lowest BCUT2D eigenvalue weighted by Crippen LogP contribution is -2.06. The van der Waals surface area contributed by atoms with Crippen LogP contribution in [0.15, 0.2) is 30.6 Å². The van der Waals surface area contributed by atoms with E-state index in [0.29, 0.717) is 0 Å². The van der Waals surface area contributed by atoms with Gasteiger partial charge in [0.1, 0.15) is 5.82 Å². The summed E-state index contributed by atoms with van der Waals surface area (Å²) in [6, 6.07) is 4.55. The average molecular weight is 282 g/mol. The molecule has 0 saturated carbocycles. The van der Waals surface area contributed by atoms with Crippen LogP contribution in [0.25, 0.3) is 0 Å². The SMILES string of the molecule is COC(=O)c1cnc(Nc2cccc(Cl)c2F)cn1. The molecule has 2 rings (SSSR count). The minimum absolute atomic E-state index is 0.00383. The number of ether oxygens (including phenoxy) is 1. The lowest BCUT2D eigenvalue weighted by molar-refractivity contribution is 0.0593. The van der Waals surface area contributed by atoms with Gasteiger partial charge >= 0.3 is 5.97 Å². The molecule has 0 saturated heterocycles. The molecule has 98 valence electrons. The third kappa shape index (κ3) is 2.97. The summed E-state index contributed by atoms with van der Waals surface area (Å²) in [7, 11) is 1.25. The second kappa shape index (κ2) is 5.62. The fourth-order valence-corrected chi connectivity index (χ4v) is 1.52. The van der Waals surface area contributed by atoms with Crippen LogP contribution < -0.4 is 5.32 Å². The lowest BCUT2D eigenvalue weighted by atomic mass is 10.3. The highest BCUT2D eigenvalue weighted by Crippen LogP contribution is 2.24. The van der Waals surface area contributed by atoms with Gasteiger partial charge in [0, 0.05) is 0 Å². The number of anilines is 2. The summed E-state index contributed by atoms with van der Waals surface area (Å²) in [6.45, 7) is 0. The molecule has 7 heteroatoms. The van der Waals surface area contributed by atoms with Gasteiger partial charge in [-0.05, 0) is 12.1 Å². The molecule has 0 bridgehead atoms. The van der Waals surface area contributed by atoms with Crippen molar-refractivity contribution in [2.24, 2.45) is 0 Å². The van der Waals surface area contributed by atoms with Crippen molar-refractivity contribution >= 4 is 29.1 Å². The van der Waals surface area contributed by atoms with E-state index in [-0.39, 0.29) is 22.2 Å². The molecule has 0 spiro atoms. The summed E-state index contributed by atoms with van der Waals surface area (Å²) in [5, 5.41) is 2.72. The molecular formula is C12H9ClFN3O2. The molecule has 0 amide bonds. The van der Waals surface area contributed by atoms with Crippen LogP contribution in [0.4, 0.5) is 15.9 Å². The Labute approximate surface area is 113 Å². The molecule has 0 aliphatic rings. The lowest BCUT2D eigenvalue weighted by Gasteiger charge is -2.07. The molecule has 0 aliphatic carbocycles. The number of rotatable bonds is 3. The molecule has 0 radical (unpaired) electrons. The van der Waals surface area contributed by atoms with E-state index < -0.39 is 11.8 Å². The molecule has 19 heavy (non-hydrogen) atoms. The van der Waals surface area contributed by atoms with E-state index in [4.69, 9.17) is 11.6 Å². The van der Waals surface area contributed by atoms with Crippen molar-refractivity contribution in [2.75, 3.05) is 12.4 Å². The summed E-state index contributed by atoms with van der Waals surface area (Å²) in [4.78, 5) is 18.9. The van der Waals surface area contributed by atoms with E-state index in [0.717, 1.165) is 0 Å². The van der Waals surface area contributed by atoms with Gasteiger partial charge < -0.3 is 10.1 Å². The molecule has 0 fully saturated rings. The summed E-state index contributed by atoms with van der Waals surface area (Å²) >= 11 is 5.65. The second-order valence-corrected chi connectivity index (χ2v) is 3.91. The van der Waals surface area contributed by atoms with E-state index >= 15 is 0 Å². The zero-order chi connectivity index (χ0) is 13.8. The fraction of sp³-hybridized carbons (Fsp3) is 0.0833. The molecule has 1 heterocycles. The van der Waals surface area contributed by atoms with E-state index in [1.54, 1.807) is 6.07 Å². The van der Waals surface area contributed by atoms with Gasteiger partial charge in [-0.25, -0.2) is 19.2 Å². The Morgan fingerprint density at radius 2 is 2.16 bits per heavy atom. The van der Waals surface area contributed by atoms with E-state index in [9.17, 15) is 9.18 Å². The van der Waals surface area contributed by atoms with Gasteiger partial charge in [-0.3, -0.25) is 0 Å². The van der Waals surface area contributed by atoms with Crippen molar-refractivity contribution in [1.82, 2.24) is 9.97 Å². The Hall–Kier alpha value is -2.21. The largest absolute Gasteiger partial charge is 0.464 e. The van der Waals surface area contributed by atoms with Crippen LogP contribution in [0.1, 0.15) is 10.5 Å². The van der Waals surface area contributed by atoms with Gasteiger partial charge in [0.25, 0.3) is 0 Å². The van der Waals surface area contributed by atoms with E-state index in [1.807, 2.05) is 0 Å². The topological polar surface area (TPSA) is 64.1 Å². The van der Waals surface area contributed by atoms with E-state index in [2.05, 4.69) is 20.0 Å². The van der Waals surface area contributed by atoms with Gasteiger partial charge in [0.2, 0.25) is 0 Å². The Bertz CT molecular complexity index is 604. The first kappa shape index (κ1) is 13.2. The zero-order valence-electron chi connectivity index (χ0n) is 9.85. The fourth-order valence-electron chi connectivity index (χ4n) is 1.34. The van der Waals surface area contributed by atoms with Gasteiger partial charge in [0.05, 0.1) is 30.2 Å². The molecule has 1 N–H and O–H groups in total. The third-order valence-corrected chi connectivity index (χ3v) is 2.55. The second-order valence-electron chi connectivity index (χ2n) is 3.50. The van der Waals surface area contributed by atoms with Crippen LogP contribution in [0.3, 0.4) is 0 Å². The van der Waals surface area contributed by atoms with Gasteiger partial charge in [-0.15, -0.1) is 0 Å². The number of halogens is 2. The average Bonchev–Trinajstić information content (AvgIpc) is 2.44. The van der Waals surface area contributed by atoms with Crippen LogP contribution in [0.5, 0.6) is 0 Å². The molecule has 0 aliphatic heterocycles. The first-order valence-electron chi connectivity index (χ1n) is 5.23. The summed E-state index contributed by atoms with van der Waals surface area (Å²) in [5.74, 6) is -0.884. The molecular weight excluding hydrogens is 273 g/mol. The number of benzene rings is 1. The summed E-state index contributed by atoms with van der Waals surface area (Å²) < 4.78 is 18.1. The maximum atomic E-state index is 13.6. The normalized spacial score (nSPS) is 10.1. The summed E-state index contributed by atoms with van der Waals surface area (Å²) in [6.07, 6.45) is 2.53. The molecule has 0 unspecified atom stereocenters. The van der Waals surface area contributed by atoms with Crippen molar-refractivity contribution in [1.29, 1.82) is 0 Å². The Kier molecular flexibility index (Phi) is 3.91. The third-order valence-electron chi connectivity index (χ3n) is 2.26. The standard InChI is InChI=1S/C12H9ClFN3O2/c1-19-12(18)9-5-16-10(6-15-9)17-8-4-2-3-7(13)11(8)14/h2-6H,1H3,(H,16,17). The van der Waals surface area contributed by atoms with Crippen LogP contribution in [-0.4, -0.2) is 23.0 Å². The smallest absolute Gasteiger partial charge is 0.358 e. The number of nitrogens with zero attached hydrogens (tertiary/aromatic N) is 2. The number of carbonyl (C=O) groups excluding carboxylic acids is 1. The minimum atomic E-state index is -0.590. The number of hydrogen-bond donors (Lipinski definition) is 1. The van der Waals surface area contributed by atoms with Crippen molar-refractivity contribution in [3.8, 4) is 0 Å². The quantitative estimate of drug-likeness (QED) is 0.877. The van der Waals surface area contributed by atoms with Crippen molar-refractivity contribution in [2.45, 2.75) is 0 Å². The number of carbonyl (C=O) groups is 1. The Morgan fingerprint density at radius 3 is 2.79 bits per heavy atom. The minimum Gasteiger partial charge on any atom is -0.464 e. The summed E-state index contributed by atoms with van der Waals surface area (Å²) in [5.41, 5.74) is 0.243. The zero-order valence-corrected chi connectivity index (χ0v) is 10.6. The molecule has 1 aromatic heterocycles. The predicted molar refractivity (Wildman–Crippen MR) is 68.1 cm³/mol. The highest BCUT2D eigenvalue weighted by molar-refractivity contribution is 6.31. The van der Waals surface area contributed by atoms with Crippen LogP contribution >= 0.6 is 11.6 Å². The maximum absolute atomic E-state index is 13.6. The molecule has 1 aromatic carbocycles. The number of hydrogen-bond acceptors (Lipinski definition) is 5. The van der Waals surface area contributed by atoms with Crippen LogP contribution in [-0.2, 0) is 4.74 Å².